The van der Waals surface area contributed by atoms with Crippen molar-refractivity contribution in [2.24, 2.45) is 0 Å². The zero-order valence-corrected chi connectivity index (χ0v) is 30.5. The maximum Gasteiger partial charge on any atom is 0.306 e. The van der Waals surface area contributed by atoms with Crippen LogP contribution < -0.4 is 0 Å². The Kier molecular flexibility index (Phi) is 37.7. The standard InChI is InChI=1S/C43H72O4/c1-3-5-7-9-11-13-15-17-18-19-20-21-22-23-24-25-27-29-31-33-35-37-39-46-41-42(40-44)47-43(45)38-36-34-32-30-28-26-16-14-12-10-8-6-4-2/h6,8,12,14-15,17,19-20,22-23,26,28,32,34,42,44H,3-5,7,9-11,13,16,18,21,24-25,27,29-31,33,35-41H2,1-2H3/b8-6-,14-12-,17-15-,20-19-,23-22-,28-26-,34-32-. The van der Waals surface area contributed by atoms with Crippen LogP contribution in [0.2, 0.25) is 0 Å². The molecule has 4 nitrogen and oxygen atoms in total. The second-order valence-corrected chi connectivity index (χ2v) is 12.3. The average Bonchev–Trinajstić information content (AvgIpc) is 3.08. The predicted molar refractivity (Wildman–Crippen MR) is 205 cm³/mol. The minimum atomic E-state index is -0.582. The molecule has 0 amide bonds. The summed E-state index contributed by atoms with van der Waals surface area (Å²) in [5.74, 6) is -0.288. The molecule has 0 rings (SSSR count). The molecule has 0 saturated heterocycles. The number of hydrogen-bond donors (Lipinski definition) is 1. The summed E-state index contributed by atoms with van der Waals surface area (Å²) in [6.45, 7) is 5.10. The van der Waals surface area contributed by atoms with Gasteiger partial charge in [0.25, 0.3) is 0 Å². The molecule has 0 saturated carbocycles. The number of aliphatic hydroxyl groups excluding tert-OH is 1. The molecule has 0 aliphatic heterocycles. The Morgan fingerprint density at radius 2 is 0.957 bits per heavy atom. The van der Waals surface area contributed by atoms with Crippen molar-refractivity contribution in [1.82, 2.24) is 0 Å². The molecule has 1 N–H and O–H groups in total. The summed E-state index contributed by atoms with van der Waals surface area (Å²) >= 11 is 0. The maximum absolute atomic E-state index is 12.1. The molecule has 0 spiro atoms. The fourth-order valence-electron chi connectivity index (χ4n) is 4.88. The molecule has 268 valence electrons. The van der Waals surface area contributed by atoms with Crippen molar-refractivity contribution in [1.29, 1.82) is 0 Å². The summed E-state index contributed by atoms with van der Waals surface area (Å²) in [5, 5.41) is 9.55. The number of unbranched alkanes of at least 4 members (excludes halogenated alkanes) is 12. The predicted octanol–water partition coefficient (Wildman–Crippen LogP) is 12.4. The minimum absolute atomic E-state index is 0.210. The molecule has 0 radical (unpaired) electrons. The highest BCUT2D eigenvalue weighted by atomic mass is 16.6. The number of aliphatic hydroxyl groups is 1. The molecular weight excluding hydrogens is 580 g/mol. The van der Waals surface area contributed by atoms with Crippen LogP contribution in [0.4, 0.5) is 0 Å². The lowest BCUT2D eigenvalue weighted by Gasteiger charge is -2.15. The number of rotatable bonds is 34. The molecular formula is C43H72O4. The van der Waals surface area contributed by atoms with Crippen molar-refractivity contribution in [2.45, 2.75) is 161 Å². The first-order valence-electron chi connectivity index (χ1n) is 19.2. The molecule has 0 aromatic heterocycles. The van der Waals surface area contributed by atoms with Crippen LogP contribution >= 0.6 is 0 Å². The van der Waals surface area contributed by atoms with E-state index >= 15 is 0 Å². The fourth-order valence-corrected chi connectivity index (χ4v) is 4.88. The van der Waals surface area contributed by atoms with E-state index in [0.29, 0.717) is 19.4 Å². The smallest absolute Gasteiger partial charge is 0.306 e. The molecule has 0 fully saturated rings. The van der Waals surface area contributed by atoms with Gasteiger partial charge < -0.3 is 14.6 Å². The summed E-state index contributed by atoms with van der Waals surface area (Å²) in [7, 11) is 0. The molecule has 0 aliphatic carbocycles. The lowest BCUT2D eigenvalue weighted by Crippen LogP contribution is -2.27. The van der Waals surface area contributed by atoms with Crippen molar-refractivity contribution in [3.8, 4) is 0 Å². The number of carbonyl (C=O) groups is 1. The molecule has 1 unspecified atom stereocenters. The molecule has 4 heteroatoms. The summed E-state index contributed by atoms with van der Waals surface area (Å²) in [6.07, 6.45) is 55.0. The van der Waals surface area contributed by atoms with Gasteiger partial charge in [-0.05, 0) is 77.0 Å². The first-order valence-corrected chi connectivity index (χ1v) is 19.2. The number of carbonyl (C=O) groups excluding carboxylic acids is 1. The summed E-state index contributed by atoms with van der Waals surface area (Å²) in [6, 6.07) is 0. The Hall–Kier alpha value is -2.43. The molecule has 0 heterocycles. The van der Waals surface area contributed by atoms with E-state index in [1.54, 1.807) is 0 Å². The van der Waals surface area contributed by atoms with Gasteiger partial charge in [0.1, 0.15) is 6.10 Å². The second-order valence-electron chi connectivity index (χ2n) is 12.3. The third-order valence-electron chi connectivity index (χ3n) is 7.72. The van der Waals surface area contributed by atoms with Crippen LogP contribution in [0.3, 0.4) is 0 Å². The Morgan fingerprint density at radius 1 is 0.532 bits per heavy atom. The summed E-state index contributed by atoms with van der Waals surface area (Å²) in [4.78, 5) is 12.1. The first-order chi connectivity index (χ1) is 23.2. The second kappa shape index (κ2) is 39.7. The quantitative estimate of drug-likeness (QED) is 0.0427. The van der Waals surface area contributed by atoms with Crippen LogP contribution in [0.25, 0.3) is 0 Å². The van der Waals surface area contributed by atoms with E-state index in [4.69, 9.17) is 9.47 Å². The Labute approximate surface area is 290 Å². The lowest BCUT2D eigenvalue weighted by molar-refractivity contribution is -0.154. The molecule has 0 aromatic carbocycles. The molecule has 1 atom stereocenters. The van der Waals surface area contributed by atoms with Crippen molar-refractivity contribution < 1.29 is 19.4 Å². The monoisotopic (exact) mass is 653 g/mol. The zero-order chi connectivity index (χ0) is 34.1. The fraction of sp³-hybridized carbons (Fsp3) is 0.651. The first kappa shape index (κ1) is 44.6. The number of hydrogen-bond acceptors (Lipinski definition) is 4. The topological polar surface area (TPSA) is 55.8 Å². The van der Waals surface area contributed by atoms with E-state index in [2.05, 4.69) is 92.8 Å². The van der Waals surface area contributed by atoms with Gasteiger partial charge in [0.05, 0.1) is 13.2 Å². The van der Waals surface area contributed by atoms with Gasteiger partial charge in [0.15, 0.2) is 0 Å². The number of ether oxygens (including phenoxy) is 2. The zero-order valence-electron chi connectivity index (χ0n) is 30.5. The minimum Gasteiger partial charge on any atom is -0.457 e. The van der Waals surface area contributed by atoms with E-state index in [1.807, 2.05) is 6.08 Å². The van der Waals surface area contributed by atoms with Gasteiger partial charge >= 0.3 is 5.97 Å². The van der Waals surface area contributed by atoms with Crippen LogP contribution in [0, 0.1) is 0 Å². The van der Waals surface area contributed by atoms with E-state index in [9.17, 15) is 9.90 Å². The highest BCUT2D eigenvalue weighted by Gasteiger charge is 2.13. The largest absolute Gasteiger partial charge is 0.457 e. The van der Waals surface area contributed by atoms with Crippen LogP contribution in [0.5, 0.6) is 0 Å². The van der Waals surface area contributed by atoms with E-state index in [0.717, 1.165) is 51.4 Å². The molecule has 0 aromatic rings. The van der Waals surface area contributed by atoms with Crippen LogP contribution in [-0.2, 0) is 14.3 Å². The Bertz CT molecular complexity index is 861. The average molecular weight is 653 g/mol. The highest BCUT2D eigenvalue weighted by Crippen LogP contribution is 2.10. The maximum atomic E-state index is 12.1. The van der Waals surface area contributed by atoms with Crippen molar-refractivity contribution in [3.63, 3.8) is 0 Å². The van der Waals surface area contributed by atoms with Crippen LogP contribution in [0.1, 0.15) is 155 Å². The molecule has 0 aliphatic rings. The number of esters is 1. The van der Waals surface area contributed by atoms with Gasteiger partial charge in [-0.2, -0.15) is 0 Å². The van der Waals surface area contributed by atoms with E-state index < -0.39 is 6.10 Å². The van der Waals surface area contributed by atoms with Gasteiger partial charge in [-0.15, -0.1) is 0 Å². The third kappa shape index (κ3) is 37.9. The van der Waals surface area contributed by atoms with Gasteiger partial charge in [0, 0.05) is 13.0 Å². The Balaban J connectivity index is 3.57. The molecule has 47 heavy (non-hydrogen) atoms. The van der Waals surface area contributed by atoms with E-state index in [-0.39, 0.29) is 19.2 Å². The third-order valence-corrected chi connectivity index (χ3v) is 7.72. The van der Waals surface area contributed by atoms with Crippen molar-refractivity contribution >= 4 is 5.97 Å². The van der Waals surface area contributed by atoms with Crippen LogP contribution in [-0.4, -0.2) is 37.0 Å². The SMILES string of the molecule is CC/C=C\C/C=C\C/C=C\C/C=C\CCC(=O)OC(CO)COCCCCCCCCC/C=C\C/C=C\C/C=C\CCCCCCC. The van der Waals surface area contributed by atoms with Gasteiger partial charge in [-0.3, -0.25) is 4.79 Å². The summed E-state index contributed by atoms with van der Waals surface area (Å²) in [5.41, 5.74) is 0. The normalized spacial score (nSPS) is 13.3. The van der Waals surface area contributed by atoms with Crippen molar-refractivity contribution in [2.75, 3.05) is 19.8 Å². The Morgan fingerprint density at radius 3 is 1.45 bits per heavy atom. The highest BCUT2D eigenvalue weighted by molar-refractivity contribution is 5.69. The van der Waals surface area contributed by atoms with Gasteiger partial charge in [0.2, 0.25) is 0 Å². The van der Waals surface area contributed by atoms with Crippen molar-refractivity contribution in [3.05, 3.63) is 85.1 Å². The molecule has 0 bridgehead atoms. The lowest BCUT2D eigenvalue weighted by atomic mass is 10.1. The summed E-state index contributed by atoms with van der Waals surface area (Å²) < 4.78 is 11.0. The van der Waals surface area contributed by atoms with Gasteiger partial charge in [-0.25, -0.2) is 0 Å². The van der Waals surface area contributed by atoms with Crippen LogP contribution in [0.15, 0.2) is 85.1 Å². The van der Waals surface area contributed by atoms with E-state index in [1.165, 1.54) is 77.0 Å². The number of allylic oxidation sites excluding steroid dienone is 14. The van der Waals surface area contributed by atoms with Gasteiger partial charge in [-0.1, -0.05) is 157 Å².